The fourth-order valence-electron chi connectivity index (χ4n) is 5.55. The number of nitrogens with zero attached hydrogens (tertiary/aromatic N) is 2. The summed E-state index contributed by atoms with van der Waals surface area (Å²) in [5.74, 6) is -0.726. The fraction of sp³-hybridized carbons (Fsp3) is 0.394. The van der Waals surface area contributed by atoms with Gasteiger partial charge in [0.15, 0.2) is 0 Å². The van der Waals surface area contributed by atoms with E-state index in [-0.39, 0.29) is 55.2 Å². The number of halogens is 2. The minimum atomic E-state index is -3.72. The van der Waals surface area contributed by atoms with E-state index in [1.54, 1.807) is 30.3 Å². The summed E-state index contributed by atoms with van der Waals surface area (Å²) in [5, 5.41) is 3.38. The Kier molecular flexibility index (Phi) is 11.6. The summed E-state index contributed by atoms with van der Waals surface area (Å²) in [6, 6.07) is 19.4. The van der Waals surface area contributed by atoms with Crippen LogP contribution in [-0.4, -0.2) is 57.1 Å². The van der Waals surface area contributed by atoms with Gasteiger partial charge in [-0.2, -0.15) is 0 Å². The minimum Gasteiger partial charge on any atom is -0.495 e. The summed E-state index contributed by atoms with van der Waals surface area (Å²) in [6.45, 7) is -0.108. The molecule has 0 heterocycles. The summed E-state index contributed by atoms with van der Waals surface area (Å²) in [7, 11) is -2.25. The first kappa shape index (κ1) is 33.3. The molecule has 0 unspecified atom stereocenters. The number of hydrogen-bond donors (Lipinski definition) is 1. The molecular formula is C33H39ClFN3O5S. The van der Waals surface area contributed by atoms with Gasteiger partial charge < -0.3 is 15.0 Å². The van der Waals surface area contributed by atoms with Crippen LogP contribution in [0, 0.1) is 5.82 Å². The smallest absolute Gasteiger partial charge is 0.243 e. The van der Waals surface area contributed by atoms with E-state index in [4.69, 9.17) is 16.3 Å². The van der Waals surface area contributed by atoms with E-state index >= 15 is 0 Å². The Morgan fingerprint density at radius 1 is 1.05 bits per heavy atom. The van der Waals surface area contributed by atoms with Gasteiger partial charge in [-0.25, -0.2) is 12.8 Å². The van der Waals surface area contributed by atoms with E-state index in [0.29, 0.717) is 17.0 Å². The molecule has 11 heteroatoms. The molecule has 8 nitrogen and oxygen atoms in total. The molecule has 3 aromatic carbocycles. The fourth-order valence-corrected chi connectivity index (χ4v) is 6.76. The summed E-state index contributed by atoms with van der Waals surface area (Å²) in [5.41, 5.74) is 1.50. The van der Waals surface area contributed by atoms with Crippen LogP contribution in [0.3, 0.4) is 0 Å². The molecule has 236 valence electrons. The topological polar surface area (TPSA) is 96.0 Å². The van der Waals surface area contributed by atoms with Crippen molar-refractivity contribution < 1.29 is 27.1 Å². The molecule has 0 saturated heterocycles. The van der Waals surface area contributed by atoms with Crippen molar-refractivity contribution in [2.75, 3.05) is 24.2 Å². The number of hydrogen-bond acceptors (Lipinski definition) is 5. The largest absolute Gasteiger partial charge is 0.495 e. The van der Waals surface area contributed by atoms with E-state index in [0.717, 1.165) is 37.5 Å². The molecule has 44 heavy (non-hydrogen) atoms. The lowest BCUT2D eigenvalue weighted by Gasteiger charge is -2.33. The third kappa shape index (κ3) is 8.95. The van der Waals surface area contributed by atoms with Gasteiger partial charge in [0.2, 0.25) is 21.8 Å². The highest BCUT2D eigenvalue weighted by atomic mass is 35.5. The van der Waals surface area contributed by atoms with Gasteiger partial charge in [0.1, 0.15) is 17.6 Å². The maximum absolute atomic E-state index is 14.9. The van der Waals surface area contributed by atoms with E-state index < -0.39 is 21.9 Å². The molecule has 0 radical (unpaired) electrons. The lowest BCUT2D eigenvalue weighted by Crippen LogP contribution is -2.52. The van der Waals surface area contributed by atoms with Crippen molar-refractivity contribution in [3.05, 3.63) is 94.8 Å². The Balaban J connectivity index is 1.59. The van der Waals surface area contributed by atoms with Crippen LogP contribution in [0.1, 0.15) is 49.7 Å². The molecule has 0 bridgehead atoms. The number of carbonyl (C=O) groups excluding carboxylic acids is 2. The second kappa shape index (κ2) is 15.4. The summed E-state index contributed by atoms with van der Waals surface area (Å²) < 4.78 is 46.6. The predicted molar refractivity (Wildman–Crippen MR) is 171 cm³/mol. The lowest BCUT2D eigenvalue weighted by atomic mass is 10.0. The highest BCUT2D eigenvalue weighted by molar-refractivity contribution is 7.92. The number of methoxy groups -OCH3 is 1. The normalized spacial score (nSPS) is 14.2. The molecule has 0 spiro atoms. The third-order valence-electron chi connectivity index (χ3n) is 7.85. The summed E-state index contributed by atoms with van der Waals surface area (Å²) in [4.78, 5) is 29.2. The first-order valence-corrected chi connectivity index (χ1v) is 17.0. The molecular weight excluding hydrogens is 605 g/mol. The number of ether oxygens (including phenoxy) is 1. The first-order chi connectivity index (χ1) is 21.1. The van der Waals surface area contributed by atoms with E-state index in [2.05, 4.69) is 5.32 Å². The van der Waals surface area contributed by atoms with Gasteiger partial charge >= 0.3 is 0 Å². The van der Waals surface area contributed by atoms with Gasteiger partial charge in [-0.1, -0.05) is 73.0 Å². The number of benzene rings is 3. The zero-order chi connectivity index (χ0) is 31.7. The standard InChI is InChI=1S/C33H39ClFN3O5S/c1-43-31-19-18-27(22-28(31)34)38(44(2,41)42)20-10-17-32(39)37(23-25-13-6-9-16-29(25)35)30(21-24-11-4-3-5-12-24)33(40)36-26-14-7-8-15-26/h3-6,9,11-13,16,18-19,22,26,30H,7-8,10,14-15,17,20-21,23H2,1-2H3,(H,36,40)/t30-/m0/s1. The Bertz CT molecular complexity index is 1530. The first-order valence-electron chi connectivity index (χ1n) is 14.7. The third-order valence-corrected chi connectivity index (χ3v) is 9.34. The SMILES string of the molecule is COc1ccc(N(CCCC(=O)N(Cc2ccccc2F)[C@@H](Cc2ccccc2)C(=O)NC2CCCC2)S(C)(=O)=O)cc1Cl. The van der Waals surface area contributed by atoms with Crippen molar-refractivity contribution in [1.82, 2.24) is 10.2 Å². The maximum Gasteiger partial charge on any atom is 0.243 e. The highest BCUT2D eigenvalue weighted by Gasteiger charge is 2.32. The lowest BCUT2D eigenvalue weighted by molar-refractivity contribution is -0.141. The van der Waals surface area contributed by atoms with Crippen molar-refractivity contribution in [2.24, 2.45) is 0 Å². The monoisotopic (exact) mass is 643 g/mol. The van der Waals surface area contributed by atoms with Crippen LogP contribution < -0.4 is 14.4 Å². The van der Waals surface area contributed by atoms with Crippen molar-refractivity contribution in [2.45, 2.75) is 63.6 Å². The zero-order valence-corrected chi connectivity index (χ0v) is 26.6. The number of rotatable bonds is 14. The van der Waals surface area contributed by atoms with Crippen LogP contribution in [0.15, 0.2) is 72.8 Å². The molecule has 1 atom stereocenters. The number of anilines is 1. The Labute approximate surface area is 264 Å². The second-order valence-electron chi connectivity index (χ2n) is 11.1. The van der Waals surface area contributed by atoms with Crippen LogP contribution in [-0.2, 0) is 32.6 Å². The molecule has 0 aliphatic heterocycles. The van der Waals surface area contributed by atoms with Crippen molar-refractivity contribution in [3.63, 3.8) is 0 Å². The number of carbonyl (C=O) groups is 2. The Morgan fingerprint density at radius 3 is 2.36 bits per heavy atom. The average molecular weight is 644 g/mol. The van der Waals surface area contributed by atoms with Crippen LogP contribution in [0.4, 0.5) is 10.1 Å². The molecule has 1 saturated carbocycles. The summed E-state index contributed by atoms with van der Waals surface area (Å²) >= 11 is 6.26. The molecule has 1 N–H and O–H groups in total. The van der Waals surface area contributed by atoms with Gasteiger partial charge in [-0.15, -0.1) is 0 Å². The number of amides is 2. The molecule has 1 fully saturated rings. The van der Waals surface area contributed by atoms with Crippen molar-refractivity contribution in [1.29, 1.82) is 0 Å². The summed E-state index contributed by atoms with van der Waals surface area (Å²) in [6.07, 6.45) is 5.24. The van der Waals surface area contributed by atoms with Gasteiger partial charge in [0.25, 0.3) is 0 Å². The molecule has 1 aliphatic carbocycles. The van der Waals surface area contributed by atoms with E-state index in [1.165, 1.54) is 28.4 Å². The van der Waals surface area contributed by atoms with Gasteiger partial charge in [0, 0.05) is 37.5 Å². The van der Waals surface area contributed by atoms with Gasteiger partial charge in [-0.05, 0) is 49.1 Å². The zero-order valence-electron chi connectivity index (χ0n) is 25.0. The van der Waals surface area contributed by atoms with Gasteiger partial charge in [0.05, 0.1) is 24.1 Å². The molecule has 1 aliphatic rings. The number of nitrogens with one attached hydrogen (secondary N) is 1. The highest BCUT2D eigenvalue weighted by Crippen LogP contribution is 2.30. The molecule has 0 aromatic heterocycles. The average Bonchev–Trinajstić information content (AvgIpc) is 3.50. The quantitative estimate of drug-likeness (QED) is 0.242. The van der Waals surface area contributed by atoms with Crippen LogP contribution in [0.25, 0.3) is 0 Å². The van der Waals surface area contributed by atoms with Crippen LogP contribution in [0.2, 0.25) is 5.02 Å². The van der Waals surface area contributed by atoms with Gasteiger partial charge in [-0.3, -0.25) is 13.9 Å². The van der Waals surface area contributed by atoms with Crippen molar-refractivity contribution >= 4 is 39.1 Å². The van der Waals surface area contributed by atoms with Crippen LogP contribution >= 0.6 is 11.6 Å². The van der Waals surface area contributed by atoms with Crippen molar-refractivity contribution in [3.8, 4) is 5.75 Å². The maximum atomic E-state index is 14.9. The Hall–Kier alpha value is -3.63. The minimum absolute atomic E-state index is 0.00160. The van der Waals surface area contributed by atoms with E-state index in [1.807, 2.05) is 30.3 Å². The predicted octanol–water partition coefficient (Wildman–Crippen LogP) is 5.73. The second-order valence-corrected chi connectivity index (χ2v) is 13.4. The van der Waals surface area contributed by atoms with E-state index in [9.17, 15) is 22.4 Å². The molecule has 4 rings (SSSR count). The number of sulfonamides is 1. The Morgan fingerprint density at radius 2 is 1.73 bits per heavy atom. The molecule has 2 amide bonds. The van der Waals surface area contributed by atoms with Crippen LogP contribution in [0.5, 0.6) is 5.75 Å². The molecule has 3 aromatic rings.